The molecule has 0 aliphatic rings. The highest BCUT2D eigenvalue weighted by Crippen LogP contribution is 2.14. The van der Waals surface area contributed by atoms with E-state index in [0.717, 1.165) is 6.20 Å². The van der Waals surface area contributed by atoms with Crippen LogP contribution in [0.5, 0.6) is 5.88 Å². The Morgan fingerprint density at radius 2 is 2.33 bits per heavy atom. The van der Waals surface area contributed by atoms with E-state index in [2.05, 4.69) is 21.5 Å². The third-order valence-corrected chi connectivity index (χ3v) is 3.45. The van der Waals surface area contributed by atoms with Crippen molar-refractivity contribution in [2.24, 2.45) is 0 Å². The number of esters is 1. The molecule has 0 saturated carbocycles. The fraction of sp³-hybridized carbons (Fsp3) is 0.200. The Hall–Kier alpha value is -2.89. The third kappa shape index (κ3) is 4.64. The first kappa shape index (κ1) is 18.9. The van der Waals surface area contributed by atoms with Crippen molar-refractivity contribution in [2.45, 2.75) is 6.42 Å². The van der Waals surface area contributed by atoms with Gasteiger partial charge in [0.2, 0.25) is 5.76 Å². The van der Waals surface area contributed by atoms with E-state index in [4.69, 9.17) is 30.1 Å². The Balaban J connectivity index is 1.63. The van der Waals surface area contributed by atoms with Gasteiger partial charge in [-0.2, -0.15) is 0 Å². The molecule has 140 valence electrons. The van der Waals surface area contributed by atoms with E-state index in [1.165, 1.54) is 6.20 Å². The summed E-state index contributed by atoms with van der Waals surface area (Å²) in [5.74, 6) is -0.794. The molecule has 0 spiro atoms. The average Bonchev–Trinajstić information content (AvgIpc) is 3.30. The number of hydrogen-bond acceptors (Lipinski definition) is 9. The molecule has 27 heavy (non-hydrogen) atoms. The maximum atomic E-state index is 11.7. The van der Waals surface area contributed by atoms with Crippen LogP contribution in [0.3, 0.4) is 0 Å². The summed E-state index contributed by atoms with van der Waals surface area (Å²) in [7, 11) is -1.47. The minimum atomic E-state index is -1.47. The molecule has 0 fully saturated rings. The lowest BCUT2D eigenvalue weighted by molar-refractivity contribution is 0.00747. The van der Waals surface area contributed by atoms with Crippen molar-refractivity contribution < 1.29 is 28.4 Å². The number of oxazole rings is 1. The van der Waals surface area contributed by atoms with Gasteiger partial charge >= 0.3 is 13.1 Å². The molecule has 0 aliphatic carbocycles. The second kappa shape index (κ2) is 8.67. The van der Waals surface area contributed by atoms with Crippen LogP contribution in [0.15, 0.2) is 41.9 Å². The summed E-state index contributed by atoms with van der Waals surface area (Å²) < 4.78 is 21.9. The summed E-state index contributed by atoms with van der Waals surface area (Å²) in [6.07, 6.45) is 8.20. The lowest BCUT2D eigenvalue weighted by Crippen LogP contribution is -2.38. The monoisotopic (exact) mass is 392 g/mol. The molecular formula is C15H14BClN4O6. The summed E-state index contributed by atoms with van der Waals surface area (Å²) in [5.41, 5.74) is 0.636. The van der Waals surface area contributed by atoms with Gasteiger partial charge < -0.3 is 28.0 Å². The Bertz CT molecular complexity index is 945. The molecule has 3 heterocycles. The average molecular weight is 393 g/mol. The molecule has 3 aromatic heterocycles. The van der Waals surface area contributed by atoms with E-state index in [9.17, 15) is 9.82 Å². The van der Waals surface area contributed by atoms with Gasteiger partial charge in [0, 0.05) is 18.6 Å². The van der Waals surface area contributed by atoms with Crippen LogP contribution in [-0.4, -0.2) is 50.9 Å². The highest BCUT2D eigenvalue weighted by molar-refractivity contribution is 6.58. The molecule has 0 bridgehead atoms. The first-order chi connectivity index (χ1) is 13.1. The Kier molecular flexibility index (Phi) is 6.06. The zero-order valence-corrected chi connectivity index (χ0v) is 14.7. The highest BCUT2D eigenvalue weighted by Gasteiger charge is 2.23. The van der Waals surface area contributed by atoms with Crippen molar-refractivity contribution in [3.63, 3.8) is 0 Å². The summed E-state index contributed by atoms with van der Waals surface area (Å²) >= 11 is 5.48. The smallest absolute Gasteiger partial charge is 0.475 e. The molecule has 12 heteroatoms. The molecule has 0 amide bonds. The van der Waals surface area contributed by atoms with Gasteiger partial charge in [0.15, 0.2) is 12.4 Å². The van der Waals surface area contributed by atoms with Crippen molar-refractivity contribution in [1.29, 1.82) is 0 Å². The summed E-state index contributed by atoms with van der Waals surface area (Å²) in [6.45, 7) is 3.43. The van der Waals surface area contributed by atoms with Gasteiger partial charge in [-0.25, -0.2) is 19.7 Å². The molecular weight excluding hydrogens is 378 g/mol. The molecule has 0 unspecified atom stereocenters. The Morgan fingerprint density at radius 1 is 1.48 bits per heavy atom. The van der Waals surface area contributed by atoms with Gasteiger partial charge in [-0.05, 0) is 18.0 Å². The van der Waals surface area contributed by atoms with Gasteiger partial charge in [-0.15, -0.1) is 6.58 Å². The maximum Gasteiger partial charge on any atom is 0.514 e. The van der Waals surface area contributed by atoms with Gasteiger partial charge in [0.1, 0.15) is 0 Å². The number of carbonyl (C=O) groups is 1. The number of rotatable bonds is 9. The number of halogens is 1. The van der Waals surface area contributed by atoms with E-state index < -0.39 is 19.9 Å². The number of ether oxygens (including phenoxy) is 2. The number of carbonyl (C=O) groups excluding carboxylic acids is 1. The quantitative estimate of drug-likeness (QED) is 0.186. The molecule has 0 aromatic carbocycles. The van der Waals surface area contributed by atoms with Gasteiger partial charge in [0.05, 0.1) is 18.4 Å². The van der Waals surface area contributed by atoms with Crippen LogP contribution >= 0.6 is 11.6 Å². The lowest BCUT2D eigenvalue weighted by Gasteiger charge is -2.11. The second-order valence-corrected chi connectivity index (χ2v) is 5.42. The Labute approximate surface area is 158 Å². The van der Waals surface area contributed by atoms with Crippen LogP contribution in [0, 0.1) is 0 Å². The van der Waals surface area contributed by atoms with Crippen molar-refractivity contribution in [3.8, 4) is 5.88 Å². The van der Waals surface area contributed by atoms with E-state index in [1.807, 2.05) is 0 Å². The predicted molar refractivity (Wildman–Crippen MR) is 93.8 cm³/mol. The topological polar surface area (TPSA) is 121 Å². The number of aromatic nitrogens is 4. The van der Waals surface area contributed by atoms with Crippen LogP contribution < -0.4 is 10.3 Å². The third-order valence-electron chi connectivity index (χ3n) is 3.27. The molecule has 0 saturated heterocycles. The fourth-order valence-electron chi connectivity index (χ4n) is 2.03. The van der Waals surface area contributed by atoms with Gasteiger partial charge in [-0.1, -0.05) is 6.08 Å². The molecule has 0 radical (unpaired) electrons. The summed E-state index contributed by atoms with van der Waals surface area (Å²) in [6, 6.07) is 0. The van der Waals surface area contributed by atoms with Crippen LogP contribution in [0.2, 0.25) is 5.35 Å². The molecule has 3 rings (SSSR count). The summed E-state index contributed by atoms with van der Waals surface area (Å²) in [5, 5.41) is 9.97. The van der Waals surface area contributed by atoms with Crippen molar-refractivity contribution in [2.75, 3.05) is 13.4 Å². The van der Waals surface area contributed by atoms with Crippen LogP contribution in [0.1, 0.15) is 17.0 Å². The summed E-state index contributed by atoms with van der Waals surface area (Å²) in [4.78, 5) is 23.6. The normalized spacial score (nSPS) is 10.7. The van der Waals surface area contributed by atoms with E-state index in [0.29, 0.717) is 18.7 Å². The second-order valence-electron chi connectivity index (χ2n) is 5.10. The van der Waals surface area contributed by atoms with Crippen molar-refractivity contribution >= 4 is 35.9 Å². The van der Waals surface area contributed by atoms with Gasteiger partial charge in [0.25, 0.3) is 11.2 Å². The first-order valence-electron chi connectivity index (χ1n) is 7.74. The predicted octanol–water partition coefficient (Wildman–Crippen LogP) is 0.844. The zero-order chi connectivity index (χ0) is 19.2. The highest BCUT2D eigenvalue weighted by atomic mass is 35.5. The Morgan fingerprint density at radius 3 is 3.07 bits per heavy atom. The fourth-order valence-corrected chi connectivity index (χ4v) is 2.16. The van der Waals surface area contributed by atoms with Crippen LogP contribution in [-0.2, 0) is 9.39 Å². The minimum Gasteiger partial charge on any atom is -0.475 e. The lowest BCUT2D eigenvalue weighted by atomic mass is 9.86. The largest absolute Gasteiger partial charge is 0.514 e. The molecule has 10 nitrogen and oxygen atoms in total. The number of fused-ring (bicyclic) bond motifs is 1. The minimum absolute atomic E-state index is 0.146. The molecule has 3 aromatic rings. The van der Waals surface area contributed by atoms with Crippen LogP contribution in [0.25, 0.3) is 5.65 Å². The van der Waals surface area contributed by atoms with Gasteiger partial charge in [-0.3, -0.25) is 0 Å². The molecule has 0 atom stereocenters. The molecule has 1 N–H and O–H groups in total. The van der Waals surface area contributed by atoms with E-state index >= 15 is 0 Å². The van der Waals surface area contributed by atoms with Crippen LogP contribution in [0.4, 0.5) is 0 Å². The SMILES string of the molecule is C=CCCOc1nc(B(O)OCOC(=O)c2cnc(Cl)o2)cn2ccnc12. The van der Waals surface area contributed by atoms with E-state index in [1.54, 1.807) is 22.9 Å². The maximum absolute atomic E-state index is 11.7. The zero-order valence-electron chi connectivity index (χ0n) is 13.9. The molecule has 0 aliphatic heterocycles. The van der Waals surface area contributed by atoms with Crippen molar-refractivity contribution in [1.82, 2.24) is 19.4 Å². The standard InChI is InChI=1S/C15H14BClN4O6/c1-2-3-6-24-13-12-18-4-5-21(12)8-11(20-13)16(23)26-9-25-14(22)10-7-19-15(17)27-10/h2,4-5,7-8,23H,1,3,6,9H2. The van der Waals surface area contributed by atoms with E-state index in [-0.39, 0.29) is 22.6 Å². The number of nitrogens with zero attached hydrogens (tertiary/aromatic N) is 4. The first-order valence-corrected chi connectivity index (χ1v) is 8.11. The number of imidazole rings is 1. The van der Waals surface area contributed by atoms with Crippen molar-refractivity contribution in [3.05, 3.63) is 48.6 Å². The number of hydrogen-bond donors (Lipinski definition) is 1.